The van der Waals surface area contributed by atoms with E-state index in [1.807, 2.05) is 37.3 Å². The molecule has 1 fully saturated rings. The predicted octanol–water partition coefficient (Wildman–Crippen LogP) is 4.17. The van der Waals surface area contributed by atoms with Crippen LogP contribution >= 0.6 is 11.3 Å². The first-order valence-electron chi connectivity index (χ1n) is 9.10. The van der Waals surface area contributed by atoms with Crippen LogP contribution in [0.1, 0.15) is 24.1 Å². The van der Waals surface area contributed by atoms with Crippen LogP contribution in [0.4, 0.5) is 5.13 Å². The maximum absolute atomic E-state index is 12.9. The third kappa shape index (κ3) is 3.40. The van der Waals surface area contributed by atoms with Crippen LogP contribution < -0.4 is 9.64 Å². The van der Waals surface area contributed by atoms with Crippen LogP contribution in [0.2, 0.25) is 0 Å². The number of ketones is 1. The van der Waals surface area contributed by atoms with Gasteiger partial charge >= 0.3 is 5.91 Å². The van der Waals surface area contributed by atoms with Crippen LogP contribution in [0.5, 0.6) is 5.75 Å². The Bertz CT molecular complexity index is 1060. The molecule has 1 aromatic heterocycles. The maximum atomic E-state index is 12.9. The Kier molecular flexibility index (Phi) is 5.14. The summed E-state index contributed by atoms with van der Waals surface area (Å²) < 4.78 is 5.43. The number of aromatic nitrogens is 1. The zero-order valence-corrected chi connectivity index (χ0v) is 16.4. The van der Waals surface area contributed by atoms with Gasteiger partial charge in [-0.2, -0.15) is 0 Å². The van der Waals surface area contributed by atoms with Gasteiger partial charge in [-0.1, -0.05) is 30.3 Å². The highest BCUT2D eigenvalue weighted by Crippen LogP contribution is 2.42. The fourth-order valence-electron chi connectivity index (χ4n) is 3.35. The molecule has 0 bridgehead atoms. The minimum Gasteiger partial charge on any atom is -0.507 e. The largest absolute Gasteiger partial charge is 0.507 e. The Morgan fingerprint density at radius 2 is 1.86 bits per heavy atom. The van der Waals surface area contributed by atoms with Gasteiger partial charge in [0.25, 0.3) is 5.78 Å². The Hall–Kier alpha value is -3.45. The number of amides is 1. The van der Waals surface area contributed by atoms with Crippen molar-refractivity contribution >= 4 is 33.9 Å². The number of Topliss-reactive ketones (excluding diaryl/α,β-unsaturated/α-hetero) is 1. The zero-order chi connectivity index (χ0) is 20.4. The van der Waals surface area contributed by atoms with E-state index in [0.29, 0.717) is 23.1 Å². The summed E-state index contributed by atoms with van der Waals surface area (Å²) >= 11 is 1.26. The van der Waals surface area contributed by atoms with E-state index in [-0.39, 0.29) is 11.3 Å². The highest BCUT2D eigenvalue weighted by atomic mass is 32.1. The molecule has 0 unspecified atom stereocenters. The Morgan fingerprint density at radius 1 is 1.14 bits per heavy atom. The normalized spacial score (nSPS) is 18.2. The molecule has 0 spiro atoms. The number of benzene rings is 2. The molecule has 1 amide bonds. The predicted molar refractivity (Wildman–Crippen MR) is 111 cm³/mol. The molecule has 1 atom stereocenters. The van der Waals surface area contributed by atoms with E-state index in [0.717, 1.165) is 5.56 Å². The van der Waals surface area contributed by atoms with E-state index in [1.54, 1.807) is 35.8 Å². The number of hydrogen-bond acceptors (Lipinski definition) is 6. The SMILES string of the molecule is CCOc1ccc(/C(O)=C2\C(=O)C(=O)N(c3nccs3)[C@H]2c2ccccc2)cc1. The van der Waals surface area contributed by atoms with Crippen molar-refractivity contribution in [3.63, 3.8) is 0 Å². The first-order chi connectivity index (χ1) is 14.1. The van der Waals surface area contributed by atoms with E-state index in [9.17, 15) is 14.7 Å². The molecule has 0 saturated carbocycles. The standard InChI is InChI=1S/C22H18N2O4S/c1-2-28-16-10-8-15(9-11-16)19(25)17-18(14-6-4-3-5-7-14)24(21(27)20(17)26)22-23-12-13-29-22/h3-13,18,25H,2H2,1H3/b19-17+/t18-/m0/s1. The van der Waals surface area contributed by atoms with Gasteiger partial charge in [-0.05, 0) is 36.8 Å². The molecule has 1 N–H and O–H groups in total. The second-order valence-electron chi connectivity index (χ2n) is 6.35. The quantitative estimate of drug-likeness (QED) is 0.391. The lowest BCUT2D eigenvalue weighted by molar-refractivity contribution is -0.132. The smallest absolute Gasteiger partial charge is 0.301 e. The van der Waals surface area contributed by atoms with Crippen LogP contribution in [0.25, 0.3) is 5.76 Å². The number of aliphatic hydroxyl groups excluding tert-OH is 1. The lowest BCUT2D eigenvalue weighted by Crippen LogP contribution is -2.29. The minimum absolute atomic E-state index is 0.0422. The first-order valence-corrected chi connectivity index (χ1v) is 9.98. The third-order valence-corrected chi connectivity index (χ3v) is 5.39. The molecule has 2 heterocycles. The number of rotatable bonds is 5. The van der Waals surface area contributed by atoms with Gasteiger partial charge in [0.2, 0.25) is 0 Å². The molecule has 4 rings (SSSR count). The van der Waals surface area contributed by atoms with E-state index in [1.165, 1.54) is 16.2 Å². The highest BCUT2D eigenvalue weighted by molar-refractivity contribution is 7.14. The van der Waals surface area contributed by atoms with Crippen LogP contribution in [-0.4, -0.2) is 28.4 Å². The molecule has 3 aromatic rings. The van der Waals surface area contributed by atoms with Gasteiger partial charge in [-0.25, -0.2) is 4.98 Å². The summed E-state index contributed by atoms with van der Waals surface area (Å²) in [5, 5.41) is 13.1. The number of aliphatic hydroxyl groups is 1. The summed E-state index contributed by atoms with van der Waals surface area (Å²) in [5.41, 5.74) is 1.20. The third-order valence-electron chi connectivity index (χ3n) is 4.62. The monoisotopic (exact) mass is 406 g/mol. The summed E-state index contributed by atoms with van der Waals surface area (Å²) in [4.78, 5) is 31.3. The number of nitrogens with zero attached hydrogens (tertiary/aromatic N) is 2. The van der Waals surface area contributed by atoms with Crippen molar-refractivity contribution in [2.24, 2.45) is 0 Å². The van der Waals surface area contributed by atoms with Crippen molar-refractivity contribution in [3.8, 4) is 5.75 Å². The Balaban J connectivity index is 1.86. The Labute approximate surface area is 171 Å². The summed E-state index contributed by atoms with van der Waals surface area (Å²) in [6.07, 6.45) is 1.58. The number of ether oxygens (including phenoxy) is 1. The first kappa shape index (κ1) is 18.9. The average molecular weight is 406 g/mol. The molecule has 1 aliphatic heterocycles. The van der Waals surface area contributed by atoms with Gasteiger partial charge in [-0.15, -0.1) is 11.3 Å². The molecular formula is C22H18N2O4S. The van der Waals surface area contributed by atoms with Gasteiger partial charge in [0.05, 0.1) is 18.2 Å². The molecule has 2 aromatic carbocycles. The highest BCUT2D eigenvalue weighted by Gasteiger charge is 2.47. The van der Waals surface area contributed by atoms with E-state index >= 15 is 0 Å². The summed E-state index contributed by atoms with van der Waals surface area (Å²) in [6, 6.07) is 15.2. The van der Waals surface area contributed by atoms with Crippen molar-refractivity contribution in [2.45, 2.75) is 13.0 Å². The number of carbonyl (C=O) groups is 2. The van der Waals surface area contributed by atoms with Crippen molar-refractivity contribution in [3.05, 3.63) is 82.9 Å². The molecule has 0 radical (unpaired) electrons. The maximum Gasteiger partial charge on any atom is 0.301 e. The van der Waals surface area contributed by atoms with Crippen molar-refractivity contribution in [1.82, 2.24) is 4.98 Å². The zero-order valence-electron chi connectivity index (χ0n) is 15.6. The van der Waals surface area contributed by atoms with Crippen molar-refractivity contribution < 1.29 is 19.4 Å². The van der Waals surface area contributed by atoms with Crippen LogP contribution in [-0.2, 0) is 9.59 Å². The lowest BCUT2D eigenvalue weighted by Gasteiger charge is -2.22. The van der Waals surface area contributed by atoms with Gasteiger partial charge in [-0.3, -0.25) is 14.5 Å². The topological polar surface area (TPSA) is 79.7 Å². The van der Waals surface area contributed by atoms with Crippen LogP contribution in [0, 0.1) is 0 Å². The van der Waals surface area contributed by atoms with E-state index in [4.69, 9.17) is 4.74 Å². The second-order valence-corrected chi connectivity index (χ2v) is 7.22. The summed E-state index contributed by atoms with van der Waals surface area (Å²) in [7, 11) is 0. The second kappa shape index (κ2) is 7.89. The van der Waals surface area contributed by atoms with Gasteiger partial charge in [0, 0.05) is 17.1 Å². The minimum atomic E-state index is -0.756. The van der Waals surface area contributed by atoms with Crippen LogP contribution in [0.3, 0.4) is 0 Å². The molecule has 1 saturated heterocycles. The molecule has 1 aliphatic rings. The van der Waals surface area contributed by atoms with Crippen LogP contribution in [0.15, 0.2) is 71.7 Å². The summed E-state index contributed by atoms with van der Waals surface area (Å²) in [5.74, 6) is -1.01. The summed E-state index contributed by atoms with van der Waals surface area (Å²) in [6.45, 7) is 2.41. The number of thiazole rings is 1. The fraction of sp³-hybridized carbons (Fsp3) is 0.136. The molecule has 7 heteroatoms. The molecule has 29 heavy (non-hydrogen) atoms. The van der Waals surface area contributed by atoms with Gasteiger partial charge in [0.1, 0.15) is 11.5 Å². The molecule has 146 valence electrons. The number of carbonyl (C=O) groups excluding carboxylic acids is 2. The number of hydrogen-bond donors (Lipinski definition) is 1. The fourth-order valence-corrected chi connectivity index (χ4v) is 4.01. The van der Waals surface area contributed by atoms with Crippen molar-refractivity contribution in [1.29, 1.82) is 0 Å². The molecule has 6 nitrogen and oxygen atoms in total. The molecular weight excluding hydrogens is 388 g/mol. The molecule has 0 aliphatic carbocycles. The van der Waals surface area contributed by atoms with E-state index < -0.39 is 17.7 Å². The number of anilines is 1. The Morgan fingerprint density at radius 3 is 2.48 bits per heavy atom. The average Bonchev–Trinajstić information content (AvgIpc) is 3.36. The van der Waals surface area contributed by atoms with E-state index in [2.05, 4.69) is 4.98 Å². The van der Waals surface area contributed by atoms with Crippen molar-refractivity contribution in [2.75, 3.05) is 11.5 Å². The lowest BCUT2D eigenvalue weighted by atomic mass is 9.95. The van der Waals surface area contributed by atoms with Gasteiger partial charge in [0.15, 0.2) is 5.13 Å². The van der Waals surface area contributed by atoms with Gasteiger partial charge < -0.3 is 9.84 Å².